The van der Waals surface area contributed by atoms with Crippen LogP contribution in [0.5, 0.6) is 6.01 Å². The molecule has 1 aliphatic carbocycles. The average Bonchev–Trinajstić information content (AvgIpc) is 3.40. The van der Waals surface area contributed by atoms with Crippen molar-refractivity contribution < 1.29 is 31.9 Å². The molecule has 2 fully saturated rings. The highest BCUT2D eigenvalue weighted by atomic mass is 32.2. The maximum absolute atomic E-state index is 14.6. The summed E-state index contributed by atoms with van der Waals surface area (Å²) in [6.07, 6.45) is 7.12. The third kappa shape index (κ3) is 7.87. The minimum Gasteiger partial charge on any atom is -0.459 e. The zero-order valence-corrected chi connectivity index (χ0v) is 31.3. The Bertz CT molecular complexity index is 1960. The number of anilines is 1. The van der Waals surface area contributed by atoms with Gasteiger partial charge in [0.25, 0.3) is 6.01 Å². The van der Waals surface area contributed by atoms with E-state index in [1.807, 2.05) is 54.8 Å². The molecule has 1 saturated carbocycles. The number of amides is 2. The van der Waals surface area contributed by atoms with Crippen molar-refractivity contribution in [2.24, 2.45) is 11.3 Å². The lowest BCUT2D eigenvalue weighted by Gasteiger charge is -2.30. The monoisotopic (exact) mass is 736 g/mol. The van der Waals surface area contributed by atoms with Gasteiger partial charge < -0.3 is 15.0 Å². The van der Waals surface area contributed by atoms with Gasteiger partial charge in [-0.1, -0.05) is 37.1 Å². The Morgan fingerprint density at radius 3 is 2.62 bits per heavy atom. The number of hydrogen-bond acceptors (Lipinski definition) is 8. The van der Waals surface area contributed by atoms with E-state index in [-0.39, 0.29) is 43.0 Å². The summed E-state index contributed by atoms with van der Waals surface area (Å²) in [6.45, 7) is 5.92. The van der Waals surface area contributed by atoms with Gasteiger partial charge in [-0.05, 0) is 88.3 Å². The van der Waals surface area contributed by atoms with Gasteiger partial charge in [0, 0.05) is 38.7 Å². The SMILES string of the molecule is Cc1cc(F)cc(N[C@H]2CCCCC/C=C\[C@@H]3C[C@@]3(C(=O)NS(=O)(=O)N(C)C)CC(=O)[C@@H]3C[C@@H](Oc4nc5ccccc5n4C(C)C)CN3C2=O)c1. The number of nitrogens with zero attached hydrogens (tertiary/aromatic N) is 4. The molecule has 0 unspecified atom stereocenters. The number of aryl methyl sites for hydroxylation is 1. The Morgan fingerprint density at radius 1 is 1.12 bits per heavy atom. The van der Waals surface area contributed by atoms with Crippen molar-refractivity contribution in [3.8, 4) is 6.01 Å². The van der Waals surface area contributed by atoms with Gasteiger partial charge in [0.05, 0.1) is 29.0 Å². The molecule has 2 aromatic carbocycles. The highest BCUT2D eigenvalue weighted by Crippen LogP contribution is 2.57. The fourth-order valence-electron chi connectivity index (χ4n) is 7.58. The van der Waals surface area contributed by atoms with Crippen LogP contribution in [0.3, 0.4) is 0 Å². The molecular formula is C38H49FN6O6S. The van der Waals surface area contributed by atoms with E-state index in [4.69, 9.17) is 9.72 Å². The number of halogens is 1. The molecule has 1 aromatic heterocycles. The molecule has 12 nitrogen and oxygen atoms in total. The minimum atomic E-state index is -4.11. The first kappa shape index (κ1) is 37.5. The Kier molecular flexibility index (Phi) is 10.8. The number of aromatic nitrogens is 2. The Morgan fingerprint density at radius 2 is 1.88 bits per heavy atom. The average molecular weight is 737 g/mol. The molecule has 280 valence electrons. The summed E-state index contributed by atoms with van der Waals surface area (Å²) in [5.41, 5.74) is 1.56. The zero-order chi connectivity index (χ0) is 37.4. The van der Waals surface area contributed by atoms with Gasteiger partial charge in [-0.3, -0.25) is 19.0 Å². The number of hydrogen-bond donors (Lipinski definition) is 2. The summed E-state index contributed by atoms with van der Waals surface area (Å²) in [5, 5.41) is 3.27. The second kappa shape index (κ2) is 15.0. The lowest BCUT2D eigenvalue weighted by Crippen LogP contribution is -2.49. The first-order valence-corrected chi connectivity index (χ1v) is 19.5. The van der Waals surface area contributed by atoms with Gasteiger partial charge >= 0.3 is 10.2 Å². The number of nitrogens with one attached hydrogen (secondary N) is 2. The molecule has 2 amide bonds. The van der Waals surface area contributed by atoms with Gasteiger partial charge in [0.2, 0.25) is 11.8 Å². The first-order valence-electron chi connectivity index (χ1n) is 18.1. The molecule has 3 aromatic rings. The number of ether oxygens (including phenoxy) is 1. The van der Waals surface area contributed by atoms with E-state index >= 15 is 0 Å². The molecule has 2 N–H and O–H groups in total. The molecule has 0 bridgehead atoms. The normalized spacial score (nSPS) is 26.4. The number of carbonyl (C=O) groups is 3. The predicted octanol–water partition coefficient (Wildman–Crippen LogP) is 5.30. The summed E-state index contributed by atoms with van der Waals surface area (Å²) in [7, 11) is -1.46. The standard InChI is InChI=1S/C38H49FN6O6S/c1-24(2)45-32-16-12-11-14-30(32)41-37(45)51-29-20-33-34(46)22-38(36(48)42-52(49,50)43(4)5)21-26(38)13-9-7-6-8-10-15-31(35(47)44(33)23-29)40-28-18-25(3)17-27(39)19-28/h9,11-14,16-19,24,26,29,31,33,40H,6-8,10,15,20-23H2,1-5H3,(H,42,48)/b13-9-/t26-,29-,31+,33+,38-/m1/s1. The second-order valence-corrected chi connectivity index (χ2v) is 16.8. The Labute approximate surface area is 305 Å². The molecule has 14 heteroatoms. The molecular weight excluding hydrogens is 688 g/mol. The minimum absolute atomic E-state index is 0.0116. The van der Waals surface area contributed by atoms with Crippen LogP contribution in [-0.2, 0) is 24.6 Å². The van der Waals surface area contributed by atoms with Crippen molar-refractivity contribution in [2.75, 3.05) is 26.0 Å². The number of allylic oxidation sites excluding steroid dienone is 2. The lowest BCUT2D eigenvalue weighted by atomic mass is 9.91. The third-order valence-electron chi connectivity index (χ3n) is 10.5. The number of imidazole rings is 1. The highest BCUT2D eigenvalue weighted by Gasteiger charge is 2.61. The van der Waals surface area contributed by atoms with E-state index in [0.717, 1.165) is 34.6 Å². The van der Waals surface area contributed by atoms with Crippen LogP contribution in [0, 0.1) is 24.1 Å². The van der Waals surface area contributed by atoms with Crippen LogP contribution >= 0.6 is 0 Å². The van der Waals surface area contributed by atoms with Gasteiger partial charge in [0.1, 0.15) is 18.0 Å². The molecule has 5 atom stereocenters. The largest absolute Gasteiger partial charge is 0.459 e. The van der Waals surface area contributed by atoms with Crippen molar-refractivity contribution in [3.63, 3.8) is 0 Å². The molecule has 3 aliphatic rings. The lowest BCUT2D eigenvalue weighted by molar-refractivity contribution is -0.139. The summed E-state index contributed by atoms with van der Waals surface area (Å²) in [4.78, 5) is 49.1. The van der Waals surface area contributed by atoms with Crippen LogP contribution in [0.15, 0.2) is 54.6 Å². The number of fused-ring (bicyclic) bond motifs is 3. The maximum Gasteiger partial charge on any atom is 0.303 e. The third-order valence-corrected chi connectivity index (χ3v) is 11.9. The second-order valence-electron chi connectivity index (χ2n) is 14.9. The number of para-hydroxylation sites is 2. The Hall–Kier alpha value is -4.30. The summed E-state index contributed by atoms with van der Waals surface area (Å²) >= 11 is 0. The maximum atomic E-state index is 14.6. The van der Waals surface area contributed by atoms with Gasteiger partial charge in [-0.2, -0.15) is 17.7 Å². The van der Waals surface area contributed by atoms with Crippen LogP contribution in [0.25, 0.3) is 11.0 Å². The first-order chi connectivity index (χ1) is 24.7. The van der Waals surface area contributed by atoms with E-state index in [1.165, 1.54) is 31.1 Å². The number of benzene rings is 2. The zero-order valence-electron chi connectivity index (χ0n) is 30.5. The molecule has 0 radical (unpaired) electrons. The smallest absolute Gasteiger partial charge is 0.303 e. The summed E-state index contributed by atoms with van der Waals surface area (Å²) in [6, 6.07) is 10.9. The van der Waals surface area contributed by atoms with Crippen molar-refractivity contribution in [1.82, 2.24) is 23.5 Å². The summed E-state index contributed by atoms with van der Waals surface area (Å²) < 4.78 is 51.5. The number of carbonyl (C=O) groups excluding carboxylic acids is 3. The molecule has 3 heterocycles. The van der Waals surface area contributed by atoms with E-state index < -0.39 is 45.5 Å². The van der Waals surface area contributed by atoms with E-state index in [2.05, 4.69) is 10.0 Å². The van der Waals surface area contributed by atoms with E-state index in [0.29, 0.717) is 36.5 Å². The highest BCUT2D eigenvalue weighted by molar-refractivity contribution is 7.87. The van der Waals surface area contributed by atoms with Crippen molar-refractivity contribution in [2.45, 2.75) is 96.4 Å². The van der Waals surface area contributed by atoms with Crippen LogP contribution < -0.4 is 14.8 Å². The predicted molar refractivity (Wildman–Crippen MR) is 196 cm³/mol. The van der Waals surface area contributed by atoms with Crippen molar-refractivity contribution in [3.05, 3.63) is 66.0 Å². The van der Waals surface area contributed by atoms with Crippen LogP contribution in [0.4, 0.5) is 10.1 Å². The van der Waals surface area contributed by atoms with Gasteiger partial charge in [-0.25, -0.2) is 9.11 Å². The van der Waals surface area contributed by atoms with Crippen LogP contribution in [0.2, 0.25) is 0 Å². The molecule has 0 spiro atoms. The number of rotatable bonds is 8. The molecule has 52 heavy (non-hydrogen) atoms. The van der Waals surface area contributed by atoms with Crippen LogP contribution in [-0.4, -0.2) is 83.6 Å². The van der Waals surface area contributed by atoms with Gasteiger partial charge in [-0.15, -0.1) is 0 Å². The van der Waals surface area contributed by atoms with Gasteiger partial charge in [0.15, 0.2) is 5.78 Å². The quantitative estimate of drug-likeness (QED) is 0.297. The number of Topliss-reactive ketones (excluding diaryl/α,β-unsaturated/α-hetero) is 1. The molecule has 1 saturated heterocycles. The van der Waals surface area contributed by atoms with E-state index in [9.17, 15) is 27.2 Å². The molecule has 6 rings (SSSR count). The molecule has 2 aliphatic heterocycles. The fraction of sp³-hybridized carbons (Fsp3) is 0.526. The summed E-state index contributed by atoms with van der Waals surface area (Å²) in [5.74, 6) is -2.15. The van der Waals surface area contributed by atoms with Crippen molar-refractivity contribution >= 4 is 44.5 Å². The Balaban J connectivity index is 1.35. The van der Waals surface area contributed by atoms with Crippen LogP contribution in [0.1, 0.15) is 76.8 Å². The van der Waals surface area contributed by atoms with Crippen molar-refractivity contribution in [1.29, 1.82) is 0 Å². The topological polar surface area (TPSA) is 143 Å². The number of ketones is 1. The fourth-order valence-corrected chi connectivity index (χ4v) is 8.20. The van der Waals surface area contributed by atoms with E-state index in [1.54, 1.807) is 13.0 Å².